The Bertz CT molecular complexity index is 414. The fourth-order valence-corrected chi connectivity index (χ4v) is 3.08. The second-order valence-electron chi connectivity index (χ2n) is 4.84. The van der Waals surface area contributed by atoms with Crippen LogP contribution in [-0.2, 0) is 6.54 Å². The van der Waals surface area contributed by atoms with Gasteiger partial charge < -0.3 is 15.1 Å². The molecule has 1 aromatic heterocycles. The fraction of sp³-hybridized carbons (Fsp3) is 0.583. The first kappa shape index (κ1) is 12.5. The number of nitrogens with two attached hydrogens (primary N) is 1. The van der Waals surface area contributed by atoms with Crippen molar-refractivity contribution < 1.29 is 9.21 Å². The lowest BCUT2D eigenvalue weighted by Gasteiger charge is -2.37. The molecule has 5 heteroatoms. The van der Waals surface area contributed by atoms with Crippen LogP contribution in [0.25, 0.3) is 0 Å². The molecule has 1 saturated heterocycles. The highest BCUT2D eigenvalue weighted by Gasteiger charge is 2.30. The fourth-order valence-electron chi connectivity index (χ4n) is 1.97. The van der Waals surface area contributed by atoms with E-state index in [2.05, 4.69) is 13.8 Å². The third kappa shape index (κ3) is 2.84. The number of hydrogen-bond acceptors (Lipinski definition) is 4. The van der Waals surface area contributed by atoms with Gasteiger partial charge >= 0.3 is 0 Å². The van der Waals surface area contributed by atoms with Crippen LogP contribution in [-0.4, -0.2) is 34.4 Å². The average Bonchev–Trinajstić information content (AvgIpc) is 2.75. The van der Waals surface area contributed by atoms with E-state index in [0.29, 0.717) is 17.9 Å². The van der Waals surface area contributed by atoms with E-state index >= 15 is 0 Å². The Kier molecular flexibility index (Phi) is 3.49. The molecule has 1 aromatic rings. The molecule has 0 spiro atoms. The standard InChI is InChI=1S/C12H18N2O2S/c1-12(2)8-14(3-4-17-12)11(15)9-5-10(6-13)16-7-9/h5,7H,3-4,6,8,13H2,1-2H3. The molecule has 0 unspecified atom stereocenters. The third-order valence-corrected chi connectivity index (χ3v) is 4.11. The van der Waals surface area contributed by atoms with Gasteiger partial charge in [0.15, 0.2) is 0 Å². The predicted molar refractivity (Wildman–Crippen MR) is 69.0 cm³/mol. The Morgan fingerprint density at radius 1 is 1.65 bits per heavy atom. The number of carbonyl (C=O) groups is 1. The van der Waals surface area contributed by atoms with Gasteiger partial charge in [0.25, 0.3) is 5.91 Å². The van der Waals surface area contributed by atoms with Gasteiger partial charge in [-0.1, -0.05) is 0 Å². The minimum Gasteiger partial charge on any atom is -0.467 e. The van der Waals surface area contributed by atoms with Crippen molar-refractivity contribution in [2.24, 2.45) is 5.73 Å². The summed E-state index contributed by atoms with van der Waals surface area (Å²) >= 11 is 1.91. The van der Waals surface area contributed by atoms with Gasteiger partial charge in [-0.15, -0.1) is 0 Å². The molecule has 0 radical (unpaired) electrons. The van der Waals surface area contributed by atoms with Crippen LogP contribution in [0.15, 0.2) is 16.7 Å². The van der Waals surface area contributed by atoms with Crippen molar-refractivity contribution in [3.63, 3.8) is 0 Å². The van der Waals surface area contributed by atoms with Crippen LogP contribution in [0, 0.1) is 0 Å². The molecular formula is C12H18N2O2S. The average molecular weight is 254 g/mol. The molecule has 1 fully saturated rings. The van der Waals surface area contributed by atoms with Gasteiger partial charge in [-0.25, -0.2) is 0 Å². The summed E-state index contributed by atoms with van der Waals surface area (Å²) in [5.74, 6) is 1.68. The summed E-state index contributed by atoms with van der Waals surface area (Å²) in [6.45, 7) is 6.24. The molecule has 94 valence electrons. The van der Waals surface area contributed by atoms with Gasteiger partial charge in [-0.3, -0.25) is 4.79 Å². The van der Waals surface area contributed by atoms with E-state index in [4.69, 9.17) is 10.2 Å². The Labute approximate surface area is 106 Å². The zero-order valence-electron chi connectivity index (χ0n) is 10.2. The Hall–Kier alpha value is -0.940. The van der Waals surface area contributed by atoms with Crippen molar-refractivity contribution in [3.05, 3.63) is 23.7 Å². The van der Waals surface area contributed by atoms with Gasteiger partial charge in [-0.05, 0) is 19.9 Å². The molecule has 2 rings (SSSR count). The SMILES string of the molecule is CC1(C)CN(C(=O)c2coc(CN)c2)CCS1. The lowest BCUT2D eigenvalue weighted by atomic mass is 10.1. The maximum absolute atomic E-state index is 12.2. The molecule has 0 saturated carbocycles. The molecule has 2 N–H and O–H groups in total. The minimum absolute atomic E-state index is 0.0434. The van der Waals surface area contributed by atoms with Gasteiger partial charge in [-0.2, -0.15) is 11.8 Å². The number of thioether (sulfide) groups is 1. The lowest BCUT2D eigenvalue weighted by Crippen LogP contribution is -2.46. The third-order valence-electron chi connectivity index (χ3n) is 2.81. The summed E-state index contributed by atoms with van der Waals surface area (Å²) in [5.41, 5.74) is 6.07. The summed E-state index contributed by atoms with van der Waals surface area (Å²) in [6, 6.07) is 1.73. The Balaban J connectivity index is 2.09. The normalized spacial score (nSPS) is 19.4. The van der Waals surface area contributed by atoms with Crippen LogP contribution < -0.4 is 5.73 Å². The minimum atomic E-state index is 0.0434. The predicted octanol–water partition coefficient (Wildman–Crippen LogP) is 1.71. The summed E-state index contributed by atoms with van der Waals surface area (Å²) in [4.78, 5) is 14.1. The second-order valence-corrected chi connectivity index (χ2v) is 6.64. The van der Waals surface area contributed by atoms with E-state index in [1.165, 1.54) is 6.26 Å². The molecule has 0 bridgehead atoms. The van der Waals surface area contributed by atoms with Crippen molar-refractivity contribution in [2.45, 2.75) is 25.1 Å². The first-order valence-corrected chi connectivity index (χ1v) is 6.71. The molecule has 0 aromatic carbocycles. The van der Waals surface area contributed by atoms with Crippen molar-refractivity contribution >= 4 is 17.7 Å². The molecule has 17 heavy (non-hydrogen) atoms. The van der Waals surface area contributed by atoms with E-state index in [0.717, 1.165) is 18.8 Å². The number of carbonyl (C=O) groups excluding carboxylic acids is 1. The van der Waals surface area contributed by atoms with Crippen LogP contribution >= 0.6 is 11.8 Å². The van der Waals surface area contributed by atoms with E-state index < -0.39 is 0 Å². The monoisotopic (exact) mass is 254 g/mol. The van der Waals surface area contributed by atoms with Crippen LogP contribution in [0.3, 0.4) is 0 Å². The first-order chi connectivity index (χ1) is 8.02. The summed E-state index contributed by atoms with van der Waals surface area (Å²) in [5, 5.41) is 0. The van der Waals surface area contributed by atoms with Crippen LogP contribution in [0.5, 0.6) is 0 Å². The second kappa shape index (κ2) is 4.74. The molecule has 2 heterocycles. The van der Waals surface area contributed by atoms with Crippen LogP contribution in [0.2, 0.25) is 0 Å². The van der Waals surface area contributed by atoms with E-state index in [1.54, 1.807) is 6.07 Å². The van der Waals surface area contributed by atoms with Crippen molar-refractivity contribution in [1.82, 2.24) is 4.90 Å². The Morgan fingerprint density at radius 3 is 3.00 bits per heavy atom. The topological polar surface area (TPSA) is 59.5 Å². The van der Waals surface area contributed by atoms with Gasteiger partial charge in [0.1, 0.15) is 12.0 Å². The van der Waals surface area contributed by atoms with E-state index in [1.807, 2.05) is 16.7 Å². The van der Waals surface area contributed by atoms with E-state index in [-0.39, 0.29) is 10.7 Å². The summed E-state index contributed by atoms with van der Waals surface area (Å²) in [6.07, 6.45) is 1.50. The number of furan rings is 1. The largest absolute Gasteiger partial charge is 0.467 e. The molecule has 1 amide bonds. The molecule has 1 aliphatic heterocycles. The number of nitrogens with zero attached hydrogens (tertiary/aromatic N) is 1. The Morgan fingerprint density at radius 2 is 2.41 bits per heavy atom. The van der Waals surface area contributed by atoms with Gasteiger partial charge in [0.2, 0.25) is 0 Å². The van der Waals surface area contributed by atoms with Gasteiger partial charge in [0.05, 0.1) is 12.1 Å². The maximum Gasteiger partial charge on any atom is 0.257 e. The number of rotatable bonds is 2. The molecule has 0 atom stereocenters. The quantitative estimate of drug-likeness (QED) is 0.872. The van der Waals surface area contributed by atoms with E-state index in [9.17, 15) is 4.79 Å². The highest BCUT2D eigenvalue weighted by molar-refractivity contribution is 8.00. The van der Waals surface area contributed by atoms with Crippen molar-refractivity contribution in [2.75, 3.05) is 18.8 Å². The first-order valence-electron chi connectivity index (χ1n) is 5.72. The van der Waals surface area contributed by atoms with Crippen LogP contribution in [0.1, 0.15) is 30.0 Å². The maximum atomic E-state index is 12.2. The molecule has 4 nitrogen and oxygen atoms in total. The number of hydrogen-bond donors (Lipinski definition) is 1. The molecular weight excluding hydrogens is 236 g/mol. The highest BCUT2D eigenvalue weighted by atomic mass is 32.2. The van der Waals surface area contributed by atoms with Gasteiger partial charge in [0, 0.05) is 23.6 Å². The van der Waals surface area contributed by atoms with Crippen molar-refractivity contribution in [1.29, 1.82) is 0 Å². The summed E-state index contributed by atoms with van der Waals surface area (Å²) in [7, 11) is 0. The number of amides is 1. The lowest BCUT2D eigenvalue weighted by molar-refractivity contribution is 0.0747. The summed E-state index contributed by atoms with van der Waals surface area (Å²) < 4.78 is 5.33. The molecule has 1 aliphatic rings. The smallest absolute Gasteiger partial charge is 0.257 e. The highest BCUT2D eigenvalue weighted by Crippen LogP contribution is 2.30. The zero-order chi connectivity index (χ0) is 12.5. The van der Waals surface area contributed by atoms with Crippen molar-refractivity contribution in [3.8, 4) is 0 Å². The molecule has 0 aliphatic carbocycles. The van der Waals surface area contributed by atoms with Crippen LogP contribution in [0.4, 0.5) is 0 Å². The zero-order valence-corrected chi connectivity index (χ0v) is 11.0.